The Morgan fingerprint density at radius 2 is 2.19 bits per heavy atom. The Labute approximate surface area is 90.1 Å². The fourth-order valence-electron chi connectivity index (χ4n) is 0.948. The maximum atomic E-state index is 13.1. The highest BCUT2D eigenvalue weighted by atomic mass is 19.2. The Bertz CT molecular complexity index is 468. The lowest BCUT2D eigenvalue weighted by atomic mass is 10.2. The predicted octanol–water partition coefficient (Wildman–Crippen LogP) is 1.70. The first-order chi connectivity index (χ1) is 7.56. The number of hydrogen-bond acceptors (Lipinski definition) is 2. The van der Waals surface area contributed by atoms with Gasteiger partial charge >= 0.3 is 11.7 Å². The van der Waals surface area contributed by atoms with Gasteiger partial charge in [0, 0.05) is 12.5 Å². The lowest BCUT2D eigenvalue weighted by molar-refractivity contribution is -0.141. The monoisotopic (exact) mass is 226 g/mol. The van der Waals surface area contributed by atoms with E-state index in [-0.39, 0.29) is 11.3 Å². The fourth-order valence-corrected chi connectivity index (χ4v) is 0.948. The fraction of sp³-hybridized carbons (Fsp3) is 0.200. The minimum Gasteiger partial charge on any atom is -0.452 e. The third-order valence-electron chi connectivity index (χ3n) is 1.84. The zero-order chi connectivity index (χ0) is 12.1. The van der Waals surface area contributed by atoms with E-state index in [1.54, 1.807) is 0 Å². The second kappa shape index (κ2) is 5.14. The summed E-state index contributed by atoms with van der Waals surface area (Å²) in [7, 11) is 0. The van der Waals surface area contributed by atoms with Gasteiger partial charge in [-0.25, -0.2) is 13.6 Å². The van der Waals surface area contributed by atoms with Crippen LogP contribution < -0.4 is 0 Å². The zero-order valence-electron chi connectivity index (χ0n) is 8.41. The molecule has 0 aromatic heterocycles. The van der Waals surface area contributed by atoms with E-state index in [0.717, 1.165) is 6.07 Å². The van der Waals surface area contributed by atoms with Gasteiger partial charge in [-0.1, -0.05) is 12.1 Å². The van der Waals surface area contributed by atoms with E-state index in [9.17, 15) is 13.6 Å². The summed E-state index contributed by atoms with van der Waals surface area (Å²) in [5.41, 5.74) is 7.90. The summed E-state index contributed by atoms with van der Waals surface area (Å²) in [6.07, 6.45) is 0. The Kier molecular flexibility index (Phi) is 3.85. The molecule has 0 bridgehead atoms. The van der Waals surface area contributed by atoms with Crippen LogP contribution in [0.5, 0.6) is 0 Å². The van der Waals surface area contributed by atoms with Crippen LogP contribution in [0.1, 0.15) is 12.5 Å². The lowest BCUT2D eigenvalue weighted by Crippen LogP contribution is -2.15. The average Bonchev–Trinajstić information content (AvgIpc) is 2.29. The molecule has 0 saturated carbocycles. The summed E-state index contributed by atoms with van der Waals surface area (Å²) in [6, 6.07) is 3.55. The van der Waals surface area contributed by atoms with Gasteiger partial charge < -0.3 is 10.3 Å². The van der Waals surface area contributed by atoms with Crippen LogP contribution in [0.25, 0.3) is 5.53 Å². The SMILES string of the molecule is CC(=[N+]=[N-])C(=O)OCc1cccc(F)c1F. The van der Waals surface area contributed by atoms with Gasteiger partial charge in [-0.05, 0) is 6.07 Å². The number of nitrogens with zero attached hydrogens (tertiary/aromatic N) is 2. The molecule has 0 heterocycles. The number of benzene rings is 1. The largest absolute Gasteiger partial charge is 0.452 e. The molecule has 0 aliphatic heterocycles. The molecular formula is C10H8F2N2O2. The molecule has 1 aromatic rings. The third kappa shape index (κ3) is 2.71. The van der Waals surface area contributed by atoms with Crippen LogP contribution in [-0.4, -0.2) is 16.5 Å². The first-order valence-electron chi connectivity index (χ1n) is 4.35. The average molecular weight is 226 g/mol. The Morgan fingerprint density at radius 1 is 1.50 bits per heavy atom. The summed E-state index contributed by atoms with van der Waals surface area (Å²) >= 11 is 0. The molecule has 0 fully saturated rings. The van der Waals surface area contributed by atoms with Crippen molar-refractivity contribution in [2.75, 3.05) is 0 Å². The number of esters is 1. The van der Waals surface area contributed by atoms with Crippen LogP contribution in [-0.2, 0) is 16.1 Å². The van der Waals surface area contributed by atoms with Crippen LogP contribution in [0.4, 0.5) is 8.78 Å². The van der Waals surface area contributed by atoms with E-state index in [0.29, 0.717) is 0 Å². The highest BCUT2D eigenvalue weighted by Crippen LogP contribution is 2.12. The summed E-state index contributed by atoms with van der Waals surface area (Å²) in [6.45, 7) is 0.805. The molecule has 0 amide bonds. The lowest BCUT2D eigenvalue weighted by Gasteiger charge is -2.03. The predicted molar refractivity (Wildman–Crippen MR) is 50.5 cm³/mol. The molecule has 0 spiro atoms. The van der Waals surface area contributed by atoms with Crippen molar-refractivity contribution < 1.29 is 23.1 Å². The van der Waals surface area contributed by atoms with Crippen molar-refractivity contribution in [3.8, 4) is 0 Å². The second-order valence-electron chi connectivity index (χ2n) is 2.97. The molecule has 16 heavy (non-hydrogen) atoms. The van der Waals surface area contributed by atoms with Crippen molar-refractivity contribution in [2.45, 2.75) is 13.5 Å². The van der Waals surface area contributed by atoms with Gasteiger partial charge in [0.05, 0.1) is 0 Å². The first kappa shape index (κ1) is 12.0. The highest BCUT2D eigenvalue weighted by Gasteiger charge is 2.16. The maximum Gasteiger partial charge on any atom is 0.416 e. The highest BCUT2D eigenvalue weighted by molar-refractivity contribution is 6.32. The van der Waals surface area contributed by atoms with E-state index in [4.69, 9.17) is 5.53 Å². The first-order valence-corrected chi connectivity index (χ1v) is 4.35. The third-order valence-corrected chi connectivity index (χ3v) is 1.84. The van der Waals surface area contributed by atoms with Crippen molar-refractivity contribution in [3.05, 3.63) is 40.9 Å². The standard InChI is InChI=1S/C10H8F2N2O2/c1-6(14-13)10(15)16-5-7-3-2-4-8(11)9(7)12/h2-4H,5H2,1H3. The zero-order valence-corrected chi connectivity index (χ0v) is 8.41. The van der Waals surface area contributed by atoms with Gasteiger partial charge in [0.2, 0.25) is 0 Å². The van der Waals surface area contributed by atoms with E-state index in [1.807, 2.05) is 0 Å². The molecule has 0 radical (unpaired) electrons. The summed E-state index contributed by atoms with van der Waals surface area (Å²) in [5.74, 6) is -2.97. The topological polar surface area (TPSA) is 62.7 Å². The molecule has 1 aromatic carbocycles. The Hall–Kier alpha value is -2.07. The Morgan fingerprint density at radius 3 is 2.81 bits per heavy atom. The van der Waals surface area contributed by atoms with E-state index >= 15 is 0 Å². The van der Waals surface area contributed by atoms with Gasteiger partial charge in [0.25, 0.3) is 0 Å². The molecular weight excluding hydrogens is 218 g/mol. The summed E-state index contributed by atoms with van der Waals surface area (Å²) in [4.78, 5) is 13.6. The van der Waals surface area contributed by atoms with E-state index in [2.05, 4.69) is 9.53 Å². The van der Waals surface area contributed by atoms with Crippen LogP contribution in [0, 0.1) is 11.6 Å². The molecule has 6 heteroatoms. The molecule has 0 unspecified atom stereocenters. The molecule has 0 saturated heterocycles. The number of hydrogen-bond donors (Lipinski definition) is 0. The number of rotatable bonds is 3. The molecule has 0 aliphatic rings. The molecule has 1 rings (SSSR count). The van der Waals surface area contributed by atoms with Crippen molar-refractivity contribution in [1.82, 2.24) is 0 Å². The van der Waals surface area contributed by atoms with Gasteiger partial charge in [-0.3, -0.25) is 0 Å². The molecule has 0 N–H and O–H groups in total. The van der Waals surface area contributed by atoms with E-state index in [1.165, 1.54) is 19.1 Å². The molecule has 4 nitrogen and oxygen atoms in total. The number of ether oxygens (including phenoxy) is 1. The van der Waals surface area contributed by atoms with Crippen molar-refractivity contribution in [2.24, 2.45) is 0 Å². The second-order valence-corrected chi connectivity index (χ2v) is 2.97. The quantitative estimate of drug-likeness (QED) is 0.341. The van der Waals surface area contributed by atoms with Gasteiger partial charge in [0.15, 0.2) is 11.6 Å². The van der Waals surface area contributed by atoms with Gasteiger partial charge in [-0.2, -0.15) is 4.79 Å². The van der Waals surface area contributed by atoms with Crippen molar-refractivity contribution in [3.63, 3.8) is 0 Å². The number of carbonyl (C=O) groups excluding carboxylic acids is 1. The minimum absolute atomic E-state index is 0.0842. The normalized spacial score (nSPS) is 9.44. The summed E-state index contributed by atoms with van der Waals surface area (Å²) in [5, 5.41) is 0. The minimum atomic E-state index is -1.06. The van der Waals surface area contributed by atoms with Crippen molar-refractivity contribution >= 4 is 11.7 Å². The number of carbonyl (C=O) groups is 1. The maximum absolute atomic E-state index is 13.1. The number of halogens is 2. The van der Waals surface area contributed by atoms with Crippen LogP contribution in [0.15, 0.2) is 18.2 Å². The van der Waals surface area contributed by atoms with Crippen LogP contribution in [0.3, 0.4) is 0 Å². The summed E-state index contributed by atoms with van der Waals surface area (Å²) < 4.78 is 30.4. The van der Waals surface area contributed by atoms with Gasteiger partial charge in [0.1, 0.15) is 6.61 Å². The van der Waals surface area contributed by atoms with Gasteiger partial charge in [-0.15, -0.1) is 0 Å². The smallest absolute Gasteiger partial charge is 0.416 e. The molecule has 0 atom stereocenters. The molecule has 0 aliphatic carbocycles. The van der Waals surface area contributed by atoms with Crippen molar-refractivity contribution in [1.29, 1.82) is 0 Å². The molecule has 84 valence electrons. The Balaban J connectivity index is 2.72. The van der Waals surface area contributed by atoms with Crippen LogP contribution in [0.2, 0.25) is 0 Å². The van der Waals surface area contributed by atoms with Crippen LogP contribution >= 0.6 is 0 Å². The van der Waals surface area contributed by atoms with E-state index < -0.39 is 24.2 Å².